The molecule has 2 aromatic carbocycles. The average molecular weight is 416 g/mol. The SMILES string of the molecule is NS(=O)(=O)c1ccc(NC(=O)CSc2n[nH]c(C=Cc3ccccc3)n2)cc1. The third kappa shape index (κ3) is 5.78. The highest BCUT2D eigenvalue weighted by atomic mass is 32.2. The number of nitrogens with two attached hydrogens (primary N) is 1. The van der Waals surface area contributed by atoms with Gasteiger partial charge in [0.15, 0.2) is 0 Å². The zero-order chi connectivity index (χ0) is 20.0. The van der Waals surface area contributed by atoms with Crippen molar-refractivity contribution in [2.45, 2.75) is 10.1 Å². The lowest BCUT2D eigenvalue weighted by atomic mass is 10.2. The Kier molecular flexibility index (Phi) is 6.24. The molecule has 0 spiro atoms. The number of hydrogen-bond donors (Lipinski definition) is 3. The highest BCUT2D eigenvalue weighted by Crippen LogP contribution is 2.16. The van der Waals surface area contributed by atoms with E-state index in [1.807, 2.05) is 36.4 Å². The van der Waals surface area contributed by atoms with Gasteiger partial charge >= 0.3 is 0 Å². The molecule has 0 aliphatic heterocycles. The van der Waals surface area contributed by atoms with Crippen LogP contribution in [0.3, 0.4) is 0 Å². The van der Waals surface area contributed by atoms with E-state index in [0.717, 1.165) is 5.56 Å². The second kappa shape index (κ2) is 8.83. The monoisotopic (exact) mass is 415 g/mol. The Morgan fingerprint density at radius 1 is 1.11 bits per heavy atom. The molecule has 28 heavy (non-hydrogen) atoms. The lowest BCUT2D eigenvalue weighted by Gasteiger charge is -2.05. The second-order valence-corrected chi connectivity index (χ2v) is 8.16. The van der Waals surface area contributed by atoms with Crippen LogP contribution < -0.4 is 10.5 Å². The molecule has 0 aliphatic rings. The summed E-state index contributed by atoms with van der Waals surface area (Å²) in [7, 11) is -3.76. The van der Waals surface area contributed by atoms with Gasteiger partial charge in [-0.3, -0.25) is 9.89 Å². The number of carbonyl (C=O) groups is 1. The molecular formula is C18H17N5O3S2. The van der Waals surface area contributed by atoms with E-state index in [1.54, 1.807) is 6.08 Å². The number of anilines is 1. The van der Waals surface area contributed by atoms with E-state index in [1.165, 1.54) is 36.0 Å². The van der Waals surface area contributed by atoms with Crippen LogP contribution in [0.4, 0.5) is 5.69 Å². The standard InChI is InChI=1S/C18H17N5O3S2/c19-28(25,26)15-9-7-14(8-10-15)20-17(24)12-27-18-21-16(22-23-18)11-6-13-4-2-1-3-5-13/h1-11H,12H2,(H,20,24)(H2,19,25,26)(H,21,22,23). The van der Waals surface area contributed by atoms with Crippen LogP contribution in [-0.2, 0) is 14.8 Å². The van der Waals surface area contributed by atoms with Crippen LogP contribution in [0.2, 0.25) is 0 Å². The van der Waals surface area contributed by atoms with Crippen LogP contribution in [0.25, 0.3) is 12.2 Å². The lowest BCUT2D eigenvalue weighted by molar-refractivity contribution is -0.113. The van der Waals surface area contributed by atoms with Crippen molar-refractivity contribution in [2.75, 3.05) is 11.1 Å². The number of benzene rings is 2. The molecule has 0 atom stereocenters. The number of aromatic nitrogens is 3. The van der Waals surface area contributed by atoms with Crippen LogP contribution in [0.15, 0.2) is 64.6 Å². The van der Waals surface area contributed by atoms with Crippen molar-refractivity contribution in [2.24, 2.45) is 5.14 Å². The molecule has 0 bridgehead atoms. The Morgan fingerprint density at radius 3 is 2.50 bits per heavy atom. The summed E-state index contributed by atoms with van der Waals surface area (Å²) in [6.07, 6.45) is 3.71. The molecule has 0 saturated heterocycles. The first-order valence-electron chi connectivity index (χ1n) is 8.11. The first-order valence-corrected chi connectivity index (χ1v) is 10.6. The number of aromatic amines is 1. The number of primary sulfonamides is 1. The normalized spacial score (nSPS) is 11.6. The Hall–Kier alpha value is -2.95. The van der Waals surface area contributed by atoms with Crippen molar-refractivity contribution >= 4 is 45.5 Å². The Balaban J connectivity index is 1.51. The van der Waals surface area contributed by atoms with E-state index in [2.05, 4.69) is 20.5 Å². The van der Waals surface area contributed by atoms with Crippen molar-refractivity contribution < 1.29 is 13.2 Å². The molecular weight excluding hydrogens is 398 g/mol. The lowest BCUT2D eigenvalue weighted by Crippen LogP contribution is -2.15. The van der Waals surface area contributed by atoms with Gasteiger partial charge in [-0.1, -0.05) is 48.2 Å². The quantitative estimate of drug-likeness (QED) is 0.508. The largest absolute Gasteiger partial charge is 0.325 e. The van der Waals surface area contributed by atoms with Gasteiger partial charge in [0.25, 0.3) is 0 Å². The molecule has 3 rings (SSSR count). The maximum atomic E-state index is 12.0. The summed E-state index contributed by atoms with van der Waals surface area (Å²) >= 11 is 1.18. The molecule has 0 unspecified atom stereocenters. The number of amides is 1. The van der Waals surface area contributed by atoms with Gasteiger partial charge in [0.1, 0.15) is 5.82 Å². The van der Waals surface area contributed by atoms with Crippen molar-refractivity contribution in [3.63, 3.8) is 0 Å². The minimum Gasteiger partial charge on any atom is -0.325 e. The average Bonchev–Trinajstić information content (AvgIpc) is 3.13. The first-order chi connectivity index (χ1) is 13.4. The predicted octanol–water partition coefficient (Wildman–Crippen LogP) is 2.35. The highest BCUT2D eigenvalue weighted by Gasteiger charge is 2.09. The smallest absolute Gasteiger partial charge is 0.238 e. The Morgan fingerprint density at radius 2 is 1.82 bits per heavy atom. The molecule has 0 saturated carbocycles. The number of nitrogens with zero attached hydrogens (tertiary/aromatic N) is 2. The summed E-state index contributed by atoms with van der Waals surface area (Å²) in [5, 5.41) is 15.0. The molecule has 1 aromatic heterocycles. The summed E-state index contributed by atoms with van der Waals surface area (Å²) in [5.41, 5.74) is 1.51. The topological polar surface area (TPSA) is 131 Å². The zero-order valence-corrected chi connectivity index (χ0v) is 16.2. The van der Waals surface area contributed by atoms with Crippen molar-refractivity contribution in [1.29, 1.82) is 0 Å². The maximum absolute atomic E-state index is 12.0. The van der Waals surface area contributed by atoms with Crippen molar-refractivity contribution in [3.8, 4) is 0 Å². The van der Waals surface area contributed by atoms with Gasteiger partial charge in [0, 0.05) is 5.69 Å². The molecule has 1 heterocycles. The van der Waals surface area contributed by atoms with Crippen molar-refractivity contribution in [3.05, 3.63) is 66.0 Å². The molecule has 4 N–H and O–H groups in total. The number of H-pyrrole nitrogens is 1. The van der Waals surface area contributed by atoms with E-state index in [4.69, 9.17) is 5.14 Å². The third-order valence-electron chi connectivity index (χ3n) is 3.51. The summed E-state index contributed by atoms with van der Waals surface area (Å²) in [6, 6.07) is 15.4. The number of sulfonamides is 1. The van der Waals surface area contributed by atoms with Crippen LogP contribution in [0.5, 0.6) is 0 Å². The summed E-state index contributed by atoms with van der Waals surface area (Å²) in [5.74, 6) is 0.432. The van der Waals surface area contributed by atoms with Gasteiger partial charge in [-0.15, -0.1) is 5.10 Å². The Bertz CT molecular complexity index is 1080. The molecule has 0 fully saturated rings. The number of carbonyl (C=O) groups excluding carboxylic acids is 1. The number of thioether (sulfide) groups is 1. The number of nitrogens with one attached hydrogen (secondary N) is 2. The van der Waals surface area contributed by atoms with Crippen LogP contribution in [0.1, 0.15) is 11.4 Å². The van der Waals surface area contributed by atoms with Gasteiger partial charge in [0.2, 0.25) is 21.1 Å². The zero-order valence-electron chi connectivity index (χ0n) is 14.6. The molecule has 3 aromatic rings. The van der Waals surface area contributed by atoms with Gasteiger partial charge in [0.05, 0.1) is 10.6 Å². The Labute approximate surface area is 166 Å². The van der Waals surface area contributed by atoms with Gasteiger partial charge in [-0.2, -0.15) is 0 Å². The molecule has 1 amide bonds. The van der Waals surface area contributed by atoms with Crippen molar-refractivity contribution in [1.82, 2.24) is 15.2 Å². The minimum atomic E-state index is -3.76. The molecule has 0 aliphatic carbocycles. The van der Waals surface area contributed by atoms with Crippen LogP contribution in [0, 0.1) is 0 Å². The number of hydrogen-bond acceptors (Lipinski definition) is 6. The van der Waals surface area contributed by atoms with E-state index < -0.39 is 10.0 Å². The number of rotatable bonds is 7. The van der Waals surface area contributed by atoms with E-state index in [0.29, 0.717) is 16.7 Å². The molecule has 0 radical (unpaired) electrons. The van der Waals surface area contributed by atoms with Gasteiger partial charge in [-0.25, -0.2) is 18.5 Å². The van der Waals surface area contributed by atoms with Gasteiger partial charge in [-0.05, 0) is 35.9 Å². The predicted molar refractivity (Wildman–Crippen MR) is 109 cm³/mol. The molecule has 144 valence electrons. The second-order valence-electron chi connectivity index (χ2n) is 5.65. The third-order valence-corrected chi connectivity index (χ3v) is 5.29. The highest BCUT2D eigenvalue weighted by molar-refractivity contribution is 7.99. The van der Waals surface area contributed by atoms with Gasteiger partial charge < -0.3 is 5.32 Å². The minimum absolute atomic E-state index is 0.0170. The summed E-state index contributed by atoms with van der Waals surface area (Å²) < 4.78 is 22.4. The fourth-order valence-electron chi connectivity index (χ4n) is 2.19. The van der Waals surface area contributed by atoms with Crippen LogP contribution in [-0.4, -0.2) is 35.3 Å². The molecule has 8 nitrogen and oxygen atoms in total. The summed E-state index contributed by atoms with van der Waals surface area (Å²) in [4.78, 5) is 16.3. The maximum Gasteiger partial charge on any atom is 0.238 e. The van der Waals surface area contributed by atoms with Crippen LogP contribution >= 0.6 is 11.8 Å². The van der Waals surface area contributed by atoms with E-state index in [-0.39, 0.29) is 16.6 Å². The van der Waals surface area contributed by atoms with E-state index >= 15 is 0 Å². The summed E-state index contributed by atoms with van der Waals surface area (Å²) in [6.45, 7) is 0. The fraction of sp³-hybridized carbons (Fsp3) is 0.0556. The fourth-order valence-corrected chi connectivity index (χ4v) is 3.31. The van der Waals surface area contributed by atoms with E-state index in [9.17, 15) is 13.2 Å². The first kappa shape index (κ1) is 19.8. The molecule has 10 heteroatoms.